The van der Waals surface area contributed by atoms with Crippen molar-refractivity contribution in [2.45, 2.75) is 45.1 Å². The minimum Gasteiger partial charge on any atom is -0.336 e. The van der Waals surface area contributed by atoms with Gasteiger partial charge >= 0.3 is 0 Å². The largest absolute Gasteiger partial charge is 0.336 e. The van der Waals surface area contributed by atoms with Crippen LogP contribution in [0.3, 0.4) is 0 Å². The summed E-state index contributed by atoms with van der Waals surface area (Å²) in [6, 6.07) is 4.93. The lowest BCUT2D eigenvalue weighted by atomic mass is 10.1. The van der Waals surface area contributed by atoms with Gasteiger partial charge in [-0.1, -0.05) is 19.9 Å². The van der Waals surface area contributed by atoms with Crippen LogP contribution in [0.2, 0.25) is 0 Å². The van der Waals surface area contributed by atoms with Crippen molar-refractivity contribution in [2.75, 3.05) is 26.2 Å². The van der Waals surface area contributed by atoms with E-state index < -0.39 is 10.0 Å². The fourth-order valence-corrected chi connectivity index (χ4v) is 4.94. The number of sulfonamides is 1. The number of carbonyl (C=O) groups excluding carboxylic acids is 1. The summed E-state index contributed by atoms with van der Waals surface area (Å²) < 4.78 is 26.9. The van der Waals surface area contributed by atoms with E-state index in [0.29, 0.717) is 37.7 Å². The number of benzene rings is 1. The van der Waals surface area contributed by atoms with E-state index in [1.54, 1.807) is 26.0 Å². The van der Waals surface area contributed by atoms with Crippen LogP contribution in [0.4, 0.5) is 0 Å². The number of nitrogens with zero attached hydrogens (tertiary/aromatic N) is 2. The van der Waals surface area contributed by atoms with E-state index in [-0.39, 0.29) is 29.3 Å². The van der Waals surface area contributed by atoms with E-state index >= 15 is 0 Å². The van der Waals surface area contributed by atoms with Crippen molar-refractivity contribution in [3.8, 4) is 0 Å². The minimum atomic E-state index is -3.58. The molecule has 0 bridgehead atoms. The summed E-state index contributed by atoms with van der Waals surface area (Å²) >= 11 is 0. The maximum atomic E-state index is 13.0. The summed E-state index contributed by atoms with van der Waals surface area (Å²) in [6.45, 7) is 9.45. The van der Waals surface area contributed by atoms with Gasteiger partial charge in [-0.25, -0.2) is 8.42 Å². The van der Waals surface area contributed by atoms with Crippen LogP contribution < -0.4 is 5.73 Å². The lowest BCUT2D eigenvalue weighted by molar-refractivity contribution is 0.0742. The summed E-state index contributed by atoms with van der Waals surface area (Å²) in [4.78, 5) is 15.0. The number of carbonyl (C=O) groups is 1. The van der Waals surface area contributed by atoms with E-state index in [0.717, 1.165) is 12.0 Å². The van der Waals surface area contributed by atoms with Crippen molar-refractivity contribution in [3.05, 3.63) is 29.3 Å². The molecule has 0 saturated carbocycles. The molecule has 0 aliphatic carbocycles. The molecule has 0 radical (unpaired) electrons. The van der Waals surface area contributed by atoms with Gasteiger partial charge in [0.25, 0.3) is 5.91 Å². The van der Waals surface area contributed by atoms with Crippen LogP contribution in [-0.2, 0) is 10.0 Å². The molecule has 1 aromatic rings. The molecule has 1 amide bonds. The Labute approximate surface area is 163 Å². The SMILES string of the molecule is CCN(CC)S(=O)(=O)c1ccc(C)c(C(=O)N2CC(CN)CC2C)c1.Cl. The highest BCUT2D eigenvalue weighted by atomic mass is 35.5. The molecule has 0 spiro atoms. The number of aryl methyl sites for hydroxylation is 1. The van der Waals surface area contributed by atoms with Crippen molar-refractivity contribution in [1.29, 1.82) is 0 Å². The van der Waals surface area contributed by atoms with Crippen LogP contribution >= 0.6 is 12.4 Å². The predicted octanol–water partition coefficient (Wildman–Crippen LogP) is 2.26. The smallest absolute Gasteiger partial charge is 0.254 e. The molecule has 1 aliphatic heterocycles. The first kappa shape index (κ1) is 22.9. The first-order chi connectivity index (χ1) is 11.8. The Morgan fingerprint density at radius 2 is 1.92 bits per heavy atom. The van der Waals surface area contributed by atoms with Crippen LogP contribution in [0.5, 0.6) is 0 Å². The zero-order chi connectivity index (χ0) is 18.8. The Bertz CT molecular complexity index is 735. The van der Waals surface area contributed by atoms with Gasteiger partial charge in [-0.15, -0.1) is 12.4 Å². The van der Waals surface area contributed by atoms with E-state index in [9.17, 15) is 13.2 Å². The van der Waals surface area contributed by atoms with E-state index in [4.69, 9.17) is 5.73 Å². The Balaban J connectivity index is 0.00000338. The molecule has 1 heterocycles. The minimum absolute atomic E-state index is 0. The average molecular weight is 404 g/mol. The molecule has 8 heteroatoms. The second-order valence-electron chi connectivity index (χ2n) is 6.71. The van der Waals surface area contributed by atoms with Crippen LogP contribution in [0.1, 0.15) is 43.1 Å². The molecule has 2 atom stereocenters. The highest BCUT2D eigenvalue weighted by molar-refractivity contribution is 7.89. The number of amides is 1. The summed E-state index contributed by atoms with van der Waals surface area (Å²) in [6.07, 6.45) is 0.888. The Morgan fingerprint density at radius 3 is 2.42 bits per heavy atom. The molecule has 6 nitrogen and oxygen atoms in total. The summed E-state index contributed by atoms with van der Waals surface area (Å²) in [5.74, 6) is 0.194. The topological polar surface area (TPSA) is 83.7 Å². The molecule has 2 unspecified atom stereocenters. The molecule has 26 heavy (non-hydrogen) atoms. The Morgan fingerprint density at radius 1 is 1.31 bits per heavy atom. The van der Waals surface area contributed by atoms with Crippen molar-refractivity contribution >= 4 is 28.3 Å². The highest BCUT2D eigenvalue weighted by Crippen LogP contribution is 2.27. The van der Waals surface area contributed by atoms with Gasteiger partial charge in [-0.3, -0.25) is 4.79 Å². The van der Waals surface area contributed by atoms with Gasteiger partial charge in [0.2, 0.25) is 10.0 Å². The van der Waals surface area contributed by atoms with E-state index in [1.807, 2.05) is 18.7 Å². The second-order valence-corrected chi connectivity index (χ2v) is 8.65. The Hall–Kier alpha value is -1.15. The maximum Gasteiger partial charge on any atom is 0.254 e. The number of likely N-dealkylation sites (tertiary alicyclic amines) is 1. The molecule has 2 N–H and O–H groups in total. The first-order valence-corrected chi connectivity index (χ1v) is 10.3. The van der Waals surface area contributed by atoms with Crippen LogP contribution in [0.25, 0.3) is 0 Å². The van der Waals surface area contributed by atoms with E-state index in [1.165, 1.54) is 10.4 Å². The fraction of sp³-hybridized carbons (Fsp3) is 0.611. The van der Waals surface area contributed by atoms with E-state index in [2.05, 4.69) is 0 Å². The third kappa shape index (κ3) is 4.39. The highest BCUT2D eigenvalue weighted by Gasteiger charge is 2.33. The zero-order valence-electron chi connectivity index (χ0n) is 15.9. The summed E-state index contributed by atoms with van der Waals surface area (Å²) in [5.41, 5.74) is 6.99. The third-order valence-electron chi connectivity index (χ3n) is 5.04. The van der Waals surface area contributed by atoms with Gasteiger partial charge < -0.3 is 10.6 Å². The molecule has 1 aliphatic rings. The first-order valence-electron chi connectivity index (χ1n) is 8.88. The van der Waals surface area contributed by atoms with Gasteiger partial charge in [0, 0.05) is 31.2 Å². The van der Waals surface area contributed by atoms with Crippen molar-refractivity contribution in [1.82, 2.24) is 9.21 Å². The zero-order valence-corrected chi connectivity index (χ0v) is 17.6. The Kier molecular flexibility index (Phi) is 8.07. The molecular weight excluding hydrogens is 374 g/mol. The molecule has 1 saturated heterocycles. The van der Waals surface area contributed by atoms with Crippen molar-refractivity contribution in [3.63, 3.8) is 0 Å². The number of hydrogen-bond acceptors (Lipinski definition) is 4. The normalized spacial score (nSPS) is 20.3. The standard InChI is InChI=1S/C18H29N3O3S.ClH/c1-5-20(6-2)25(23,24)16-8-7-13(3)17(10-16)18(22)21-12-15(11-19)9-14(21)4;/h7-8,10,14-15H,5-6,9,11-12,19H2,1-4H3;1H. The second kappa shape index (κ2) is 9.17. The molecule has 0 aromatic heterocycles. The van der Waals surface area contributed by atoms with Crippen LogP contribution in [0.15, 0.2) is 23.1 Å². The summed E-state index contributed by atoms with van der Waals surface area (Å²) in [7, 11) is -3.58. The average Bonchev–Trinajstić information content (AvgIpc) is 2.96. The van der Waals surface area contributed by atoms with Gasteiger partial charge in [0.1, 0.15) is 0 Å². The number of halogens is 1. The quantitative estimate of drug-likeness (QED) is 0.789. The van der Waals surface area contributed by atoms with Gasteiger partial charge in [-0.05, 0) is 50.4 Å². The van der Waals surface area contributed by atoms with Gasteiger partial charge in [-0.2, -0.15) is 4.31 Å². The summed E-state index contributed by atoms with van der Waals surface area (Å²) in [5, 5.41) is 0. The van der Waals surface area contributed by atoms with Gasteiger partial charge in [0.05, 0.1) is 4.90 Å². The lowest BCUT2D eigenvalue weighted by Gasteiger charge is -2.24. The monoisotopic (exact) mass is 403 g/mol. The predicted molar refractivity (Wildman–Crippen MR) is 106 cm³/mol. The van der Waals surface area contributed by atoms with Crippen molar-refractivity contribution < 1.29 is 13.2 Å². The van der Waals surface area contributed by atoms with Crippen LogP contribution in [0, 0.1) is 12.8 Å². The third-order valence-corrected chi connectivity index (χ3v) is 7.08. The molecule has 2 rings (SSSR count). The maximum absolute atomic E-state index is 13.0. The number of nitrogens with two attached hydrogens (primary N) is 1. The van der Waals surface area contributed by atoms with Crippen LogP contribution in [-0.4, -0.2) is 55.8 Å². The lowest BCUT2D eigenvalue weighted by Crippen LogP contribution is -2.35. The van der Waals surface area contributed by atoms with Crippen molar-refractivity contribution in [2.24, 2.45) is 11.7 Å². The van der Waals surface area contributed by atoms with Gasteiger partial charge in [0.15, 0.2) is 0 Å². The molecule has 148 valence electrons. The molecule has 1 aromatic carbocycles. The number of hydrogen-bond donors (Lipinski definition) is 1. The number of rotatable bonds is 6. The fourth-order valence-electron chi connectivity index (χ4n) is 3.46. The molecular formula is C18H30ClN3O3S. The molecule has 1 fully saturated rings.